The van der Waals surface area contributed by atoms with E-state index in [0.29, 0.717) is 11.2 Å². The third-order valence-corrected chi connectivity index (χ3v) is 4.47. The Morgan fingerprint density at radius 1 is 1.36 bits per heavy atom. The van der Waals surface area contributed by atoms with Crippen LogP contribution in [0.15, 0.2) is 18.7 Å². The number of piperidine rings is 1. The maximum atomic E-state index is 6.18. The van der Waals surface area contributed by atoms with Gasteiger partial charge in [0.2, 0.25) is 0 Å². The fourth-order valence-electron chi connectivity index (χ4n) is 3.13. The molecule has 1 atom stereocenters. The molecule has 0 saturated carbocycles. The second kappa shape index (κ2) is 6.52. The highest BCUT2D eigenvalue weighted by Gasteiger charge is 2.25. The molecule has 0 aliphatic carbocycles. The van der Waals surface area contributed by atoms with Crippen LogP contribution in [0.1, 0.15) is 31.6 Å². The number of anilines is 2. The zero-order valence-corrected chi connectivity index (χ0v) is 13.7. The van der Waals surface area contributed by atoms with Gasteiger partial charge in [-0.05, 0) is 12.8 Å². The van der Waals surface area contributed by atoms with Crippen LogP contribution in [0, 0.1) is 0 Å². The van der Waals surface area contributed by atoms with Crippen molar-refractivity contribution in [3.63, 3.8) is 0 Å². The van der Waals surface area contributed by atoms with E-state index in [1.54, 1.807) is 0 Å². The van der Waals surface area contributed by atoms with Gasteiger partial charge in [-0.15, -0.1) is 0 Å². The van der Waals surface area contributed by atoms with Gasteiger partial charge in [0.15, 0.2) is 11.0 Å². The zero-order valence-electron chi connectivity index (χ0n) is 13.0. The highest BCUT2D eigenvalue weighted by Crippen LogP contribution is 2.33. The average Bonchev–Trinajstić information content (AvgIpc) is 3.03. The van der Waals surface area contributed by atoms with Gasteiger partial charge in [0, 0.05) is 39.0 Å². The molecule has 0 bridgehead atoms. The molecule has 22 heavy (non-hydrogen) atoms. The third-order valence-electron chi connectivity index (χ3n) is 4.19. The van der Waals surface area contributed by atoms with Crippen molar-refractivity contribution in [2.45, 2.75) is 32.2 Å². The summed E-state index contributed by atoms with van der Waals surface area (Å²) in [7, 11) is 1.85. The molecule has 1 fully saturated rings. The van der Waals surface area contributed by atoms with E-state index in [1.165, 1.54) is 6.33 Å². The van der Waals surface area contributed by atoms with Crippen molar-refractivity contribution >= 4 is 23.1 Å². The standard InChI is InChI=1S/C15H21ClN6/c1-3-12-18-6-8-22(12)11-5-4-7-21(9-11)15-13(17-2)14(16)19-10-20-15/h6,8,10-11,17H,3-5,7,9H2,1-2H3. The molecule has 6 nitrogen and oxygen atoms in total. The molecule has 3 rings (SSSR count). The molecule has 1 unspecified atom stereocenters. The minimum Gasteiger partial charge on any atom is -0.383 e. The van der Waals surface area contributed by atoms with E-state index in [2.05, 4.69) is 42.9 Å². The van der Waals surface area contributed by atoms with Gasteiger partial charge in [-0.25, -0.2) is 15.0 Å². The lowest BCUT2D eigenvalue weighted by molar-refractivity contribution is 0.394. The molecule has 0 aromatic carbocycles. The molecule has 0 radical (unpaired) electrons. The van der Waals surface area contributed by atoms with Crippen LogP contribution in [-0.4, -0.2) is 39.7 Å². The van der Waals surface area contributed by atoms with Crippen molar-refractivity contribution in [2.75, 3.05) is 30.4 Å². The van der Waals surface area contributed by atoms with E-state index in [4.69, 9.17) is 11.6 Å². The van der Waals surface area contributed by atoms with Crippen LogP contribution in [0.5, 0.6) is 0 Å². The molecule has 1 aliphatic heterocycles. The number of hydrogen-bond donors (Lipinski definition) is 1. The van der Waals surface area contributed by atoms with E-state index in [0.717, 1.165) is 49.7 Å². The molecule has 118 valence electrons. The molecule has 7 heteroatoms. The predicted octanol–water partition coefficient (Wildman–Crippen LogP) is 2.77. The quantitative estimate of drug-likeness (QED) is 0.878. The van der Waals surface area contributed by atoms with Gasteiger partial charge in [0.05, 0.1) is 6.04 Å². The lowest BCUT2D eigenvalue weighted by Crippen LogP contribution is -2.37. The summed E-state index contributed by atoms with van der Waals surface area (Å²) >= 11 is 6.18. The fourth-order valence-corrected chi connectivity index (χ4v) is 3.36. The molecule has 1 N–H and O–H groups in total. The van der Waals surface area contributed by atoms with Gasteiger partial charge in [0.25, 0.3) is 0 Å². The van der Waals surface area contributed by atoms with Crippen molar-refractivity contribution in [3.05, 3.63) is 29.7 Å². The monoisotopic (exact) mass is 320 g/mol. The Hall–Kier alpha value is -1.82. The van der Waals surface area contributed by atoms with Gasteiger partial charge in [-0.1, -0.05) is 18.5 Å². The Morgan fingerprint density at radius 3 is 3.00 bits per heavy atom. The summed E-state index contributed by atoms with van der Waals surface area (Å²) < 4.78 is 2.30. The maximum absolute atomic E-state index is 6.18. The largest absolute Gasteiger partial charge is 0.383 e. The number of rotatable bonds is 4. The van der Waals surface area contributed by atoms with E-state index in [9.17, 15) is 0 Å². The van der Waals surface area contributed by atoms with Crippen LogP contribution >= 0.6 is 11.6 Å². The zero-order chi connectivity index (χ0) is 15.5. The van der Waals surface area contributed by atoms with Gasteiger partial charge in [-0.2, -0.15) is 0 Å². The first-order valence-corrected chi connectivity index (χ1v) is 8.07. The number of aryl methyl sites for hydroxylation is 1. The molecule has 2 aromatic rings. The summed E-state index contributed by atoms with van der Waals surface area (Å²) in [6.45, 7) is 4.03. The van der Waals surface area contributed by atoms with E-state index < -0.39 is 0 Å². The number of hydrogen-bond acceptors (Lipinski definition) is 5. The lowest BCUT2D eigenvalue weighted by atomic mass is 10.1. The number of nitrogens with one attached hydrogen (secondary N) is 1. The molecule has 2 aromatic heterocycles. The summed E-state index contributed by atoms with van der Waals surface area (Å²) in [5.41, 5.74) is 0.797. The Morgan fingerprint density at radius 2 is 2.23 bits per heavy atom. The number of imidazole rings is 1. The summed E-state index contributed by atoms with van der Waals surface area (Å²) in [6, 6.07) is 0.421. The first-order valence-electron chi connectivity index (χ1n) is 7.69. The Kier molecular flexibility index (Phi) is 4.47. The normalized spacial score (nSPS) is 18.5. The Labute approximate surface area is 135 Å². The molecule has 3 heterocycles. The lowest BCUT2D eigenvalue weighted by Gasteiger charge is -2.35. The summed E-state index contributed by atoms with van der Waals surface area (Å²) in [6.07, 6.45) is 8.73. The third kappa shape index (κ3) is 2.75. The van der Waals surface area contributed by atoms with Crippen molar-refractivity contribution < 1.29 is 0 Å². The Balaban J connectivity index is 1.86. The van der Waals surface area contributed by atoms with Crippen LogP contribution < -0.4 is 10.2 Å². The summed E-state index contributed by atoms with van der Waals surface area (Å²) in [4.78, 5) is 15.2. The van der Waals surface area contributed by atoms with Crippen LogP contribution in [0.25, 0.3) is 0 Å². The fraction of sp³-hybridized carbons (Fsp3) is 0.533. The predicted molar refractivity (Wildman–Crippen MR) is 88.7 cm³/mol. The van der Waals surface area contributed by atoms with E-state index in [-0.39, 0.29) is 0 Å². The molecule has 1 aliphatic rings. The van der Waals surface area contributed by atoms with Crippen molar-refractivity contribution in [2.24, 2.45) is 0 Å². The second-order valence-electron chi connectivity index (χ2n) is 5.46. The van der Waals surface area contributed by atoms with Gasteiger partial charge < -0.3 is 14.8 Å². The van der Waals surface area contributed by atoms with E-state index in [1.807, 2.05) is 13.2 Å². The van der Waals surface area contributed by atoms with Crippen molar-refractivity contribution in [1.29, 1.82) is 0 Å². The Bertz CT molecular complexity index is 641. The molecular weight excluding hydrogens is 300 g/mol. The number of nitrogens with zero attached hydrogens (tertiary/aromatic N) is 5. The molecule has 0 amide bonds. The molecule has 0 spiro atoms. The van der Waals surface area contributed by atoms with Crippen molar-refractivity contribution in [3.8, 4) is 0 Å². The SMILES string of the molecule is CCc1nccn1C1CCCN(c2ncnc(Cl)c2NC)C1. The van der Waals surface area contributed by atoms with Gasteiger partial charge in [-0.3, -0.25) is 0 Å². The van der Waals surface area contributed by atoms with Crippen LogP contribution in [0.4, 0.5) is 11.5 Å². The first kappa shape index (κ1) is 15.1. The number of aromatic nitrogens is 4. The van der Waals surface area contributed by atoms with Crippen LogP contribution in [0.3, 0.4) is 0 Å². The molecular formula is C15H21ClN6. The first-order chi connectivity index (χ1) is 10.7. The van der Waals surface area contributed by atoms with Crippen LogP contribution in [-0.2, 0) is 6.42 Å². The topological polar surface area (TPSA) is 58.9 Å². The second-order valence-corrected chi connectivity index (χ2v) is 5.82. The average molecular weight is 321 g/mol. The summed E-state index contributed by atoms with van der Waals surface area (Å²) in [5, 5.41) is 3.58. The van der Waals surface area contributed by atoms with Gasteiger partial charge >= 0.3 is 0 Å². The summed E-state index contributed by atoms with van der Waals surface area (Å²) in [5.74, 6) is 2.02. The highest BCUT2D eigenvalue weighted by molar-refractivity contribution is 6.32. The maximum Gasteiger partial charge on any atom is 0.157 e. The number of halogens is 1. The minimum atomic E-state index is 0.421. The van der Waals surface area contributed by atoms with Crippen LogP contribution in [0.2, 0.25) is 5.15 Å². The van der Waals surface area contributed by atoms with Crippen molar-refractivity contribution in [1.82, 2.24) is 19.5 Å². The highest BCUT2D eigenvalue weighted by atomic mass is 35.5. The van der Waals surface area contributed by atoms with Gasteiger partial charge in [0.1, 0.15) is 17.8 Å². The van der Waals surface area contributed by atoms with E-state index >= 15 is 0 Å². The minimum absolute atomic E-state index is 0.421. The molecule has 1 saturated heterocycles. The smallest absolute Gasteiger partial charge is 0.157 e.